The summed E-state index contributed by atoms with van der Waals surface area (Å²) in [5.74, 6) is 0. The van der Waals surface area contributed by atoms with Gasteiger partial charge in [-0.25, -0.2) is 0 Å². The second kappa shape index (κ2) is 6.13. The molecule has 2 rings (SSSR count). The number of hydrogen-bond donors (Lipinski definition) is 2. The highest BCUT2D eigenvalue weighted by Gasteiger charge is 2.26. The third-order valence-corrected chi connectivity index (χ3v) is 5.04. The number of benzene rings is 1. The van der Waals surface area contributed by atoms with Crippen LogP contribution in [0.15, 0.2) is 18.2 Å². The smallest absolute Gasteiger partial charge is 0.105 e. The molecule has 1 saturated carbocycles. The second-order valence-corrected chi connectivity index (χ2v) is 6.44. The van der Waals surface area contributed by atoms with Crippen LogP contribution in [0.2, 0.25) is 5.02 Å². The first kappa shape index (κ1) is 14.0. The number of halogens is 1. The summed E-state index contributed by atoms with van der Waals surface area (Å²) >= 11 is 13.0. The Labute approximate surface area is 123 Å². The van der Waals surface area contributed by atoms with Crippen LogP contribution in [0, 0.1) is 0 Å². The van der Waals surface area contributed by atoms with E-state index in [2.05, 4.69) is 11.6 Å². The monoisotopic (exact) mass is 300 g/mol. The van der Waals surface area contributed by atoms with Gasteiger partial charge in [-0.3, -0.25) is 0 Å². The Balaban J connectivity index is 2.10. The SMILES string of the molecule is CSC1CCCC1Nc1ccc(C(N)=S)c(Cl)c1. The molecule has 0 aliphatic heterocycles. The van der Waals surface area contributed by atoms with Crippen molar-refractivity contribution in [3.8, 4) is 0 Å². The Morgan fingerprint density at radius 1 is 1.50 bits per heavy atom. The minimum atomic E-state index is 0.342. The Morgan fingerprint density at radius 3 is 2.89 bits per heavy atom. The fourth-order valence-corrected chi connectivity index (χ4v) is 3.84. The number of thioether (sulfide) groups is 1. The highest BCUT2D eigenvalue weighted by Crippen LogP contribution is 2.31. The lowest BCUT2D eigenvalue weighted by molar-refractivity contribution is 0.769. The number of anilines is 1. The number of hydrogen-bond acceptors (Lipinski definition) is 3. The lowest BCUT2D eigenvalue weighted by atomic mass is 10.1. The number of thiocarbonyl (C=S) groups is 1. The number of nitrogens with one attached hydrogen (secondary N) is 1. The summed E-state index contributed by atoms with van der Waals surface area (Å²) in [7, 11) is 0. The standard InChI is InChI=1S/C13H17ClN2S2/c1-18-12-4-2-3-11(12)16-8-5-6-9(13(15)17)10(14)7-8/h5-7,11-12,16H,2-4H2,1H3,(H2,15,17). The van der Waals surface area contributed by atoms with Crippen molar-refractivity contribution in [3.63, 3.8) is 0 Å². The minimum Gasteiger partial charge on any atom is -0.389 e. The van der Waals surface area contributed by atoms with Gasteiger partial charge in [-0.05, 0) is 37.3 Å². The second-order valence-electron chi connectivity index (χ2n) is 4.51. The van der Waals surface area contributed by atoms with Crippen molar-refractivity contribution in [2.24, 2.45) is 5.73 Å². The van der Waals surface area contributed by atoms with Crippen LogP contribution < -0.4 is 11.1 Å². The van der Waals surface area contributed by atoms with Gasteiger partial charge in [0.25, 0.3) is 0 Å². The number of rotatable bonds is 4. The van der Waals surface area contributed by atoms with E-state index in [9.17, 15) is 0 Å². The van der Waals surface area contributed by atoms with Crippen LogP contribution >= 0.6 is 35.6 Å². The fourth-order valence-electron chi connectivity index (χ4n) is 2.39. The summed E-state index contributed by atoms with van der Waals surface area (Å²) in [6.07, 6.45) is 5.98. The topological polar surface area (TPSA) is 38.0 Å². The molecule has 0 spiro atoms. The van der Waals surface area contributed by atoms with E-state index in [1.54, 1.807) is 0 Å². The normalized spacial score (nSPS) is 23.0. The Bertz CT molecular complexity index is 451. The van der Waals surface area contributed by atoms with E-state index >= 15 is 0 Å². The van der Waals surface area contributed by atoms with Crippen LogP contribution in [0.4, 0.5) is 5.69 Å². The molecule has 2 unspecified atom stereocenters. The Hall–Kier alpha value is -0.450. The molecule has 18 heavy (non-hydrogen) atoms. The number of nitrogens with two attached hydrogens (primary N) is 1. The van der Waals surface area contributed by atoms with Gasteiger partial charge in [0.15, 0.2) is 0 Å². The van der Waals surface area contributed by atoms with Crippen LogP contribution in [-0.4, -0.2) is 22.5 Å². The van der Waals surface area contributed by atoms with Crippen LogP contribution in [-0.2, 0) is 0 Å². The molecule has 0 amide bonds. The van der Waals surface area contributed by atoms with Gasteiger partial charge in [0.1, 0.15) is 4.99 Å². The summed E-state index contributed by atoms with van der Waals surface area (Å²) < 4.78 is 0. The molecule has 1 aromatic carbocycles. The van der Waals surface area contributed by atoms with Crippen molar-refractivity contribution in [2.75, 3.05) is 11.6 Å². The van der Waals surface area contributed by atoms with Crippen LogP contribution in [0.1, 0.15) is 24.8 Å². The molecule has 2 atom stereocenters. The first-order chi connectivity index (χ1) is 8.61. The van der Waals surface area contributed by atoms with Crippen LogP contribution in [0.3, 0.4) is 0 Å². The van der Waals surface area contributed by atoms with Crippen molar-refractivity contribution in [2.45, 2.75) is 30.6 Å². The van der Waals surface area contributed by atoms with Gasteiger partial charge in [0.2, 0.25) is 0 Å². The van der Waals surface area contributed by atoms with Crippen molar-refractivity contribution in [1.82, 2.24) is 0 Å². The lowest BCUT2D eigenvalue weighted by Gasteiger charge is -2.20. The average Bonchev–Trinajstić information content (AvgIpc) is 2.76. The van der Waals surface area contributed by atoms with E-state index in [4.69, 9.17) is 29.6 Å². The summed E-state index contributed by atoms with van der Waals surface area (Å²) in [5, 5.41) is 4.87. The fraction of sp³-hybridized carbons (Fsp3) is 0.462. The highest BCUT2D eigenvalue weighted by molar-refractivity contribution is 7.99. The van der Waals surface area contributed by atoms with Gasteiger partial charge >= 0.3 is 0 Å². The average molecular weight is 301 g/mol. The third-order valence-electron chi connectivity index (χ3n) is 3.34. The van der Waals surface area contributed by atoms with E-state index in [1.807, 2.05) is 30.0 Å². The molecule has 0 aromatic heterocycles. The van der Waals surface area contributed by atoms with Crippen molar-refractivity contribution in [3.05, 3.63) is 28.8 Å². The molecule has 1 fully saturated rings. The molecule has 0 heterocycles. The molecule has 0 bridgehead atoms. The van der Waals surface area contributed by atoms with Crippen molar-refractivity contribution >= 4 is 46.3 Å². The molecule has 1 aromatic rings. The molecule has 0 saturated heterocycles. The Kier molecular flexibility index (Phi) is 4.76. The lowest BCUT2D eigenvalue weighted by Crippen LogP contribution is -2.25. The zero-order chi connectivity index (χ0) is 13.1. The molecular formula is C13H17ClN2S2. The largest absolute Gasteiger partial charge is 0.389 e. The first-order valence-corrected chi connectivity index (χ1v) is 8.08. The third kappa shape index (κ3) is 3.11. The molecule has 98 valence electrons. The van der Waals surface area contributed by atoms with E-state index in [0.717, 1.165) is 11.3 Å². The summed E-state index contributed by atoms with van der Waals surface area (Å²) in [4.78, 5) is 0.342. The molecule has 0 radical (unpaired) electrons. The summed E-state index contributed by atoms with van der Waals surface area (Å²) in [6.45, 7) is 0. The highest BCUT2D eigenvalue weighted by atomic mass is 35.5. The van der Waals surface area contributed by atoms with Gasteiger partial charge in [0.05, 0.1) is 5.02 Å². The first-order valence-electron chi connectivity index (χ1n) is 6.00. The van der Waals surface area contributed by atoms with Gasteiger partial charge in [-0.15, -0.1) is 0 Å². The summed E-state index contributed by atoms with van der Waals surface area (Å²) in [5.41, 5.74) is 7.38. The quantitative estimate of drug-likeness (QED) is 0.832. The van der Waals surface area contributed by atoms with Crippen LogP contribution in [0.5, 0.6) is 0 Å². The maximum atomic E-state index is 6.17. The molecule has 1 aliphatic carbocycles. The molecule has 2 nitrogen and oxygen atoms in total. The van der Waals surface area contributed by atoms with Gasteiger partial charge in [0, 0.05) is 22.5 Å². The molecule has 1 aliphatic rings. The molecular weight excluding hydrogens is 284 g/mol. The maximum Gasteiger partial charge on any atom is 0.105 e. The van der Waals surface area contributed by atoms with Crippen molar-refractivity contribution in [1.29, 1.82) is 0 Å². The summed E-state index contributed by atoms with van der Waals surface area (Å²) in [6, 6.07) is 6.32. The van der Waals surface area contributed by atoms with Crippen molar-refractivity contribution < 1.29 is 0 Å². The van der Waals surface area contributed by atoms with Gasteiger partial charge in [-0.1, -0.05) is 30.2 Å². The van der Waals surface area contributed by atoms with E-state index < -0.39 is 0 Å². The predicted octanol–water partition coefficient (Wildman–Crippen LogP) is 3.67. The zero-order valence-corrected chi connectivity index (χ0v) is 12.7. The van der Waals surface area contributed by atoms with E-state index in [-0.39, 0.29) is 0 Å². The van der Waals surface area contributed by atoms with E-state index in [1.165, 1.54) is 19.3 Å². The van der Waals surface area contributed by atoms with Crippen LogP contribution in [0.25, 0.3) is 0 Å². The predicted molar refractivity (Wildman–Crippen MR) is 85.9 cm³/mol. The Morgan fingerprint density at radius 2 is 2.28 bits per heavy atom. The van der Waals surface area contributed by atoms with E-state index in [0.29, 0.717) is 21.3 Å². The van der Waals surface area contributed by atoms with Gasteiger partial charge in [-0.2, -0.15) is 11.8 Å². The molecule has 5 heteroatoms. The minimum absolute atomic E-state index is 0.342. The molecule has 3 N–H and O–H groups in total. The zero-order valence-electron chi connectivity index (χ0n) is 10.3. The van der Waals surface area contributed by atoms with Gasteiger partial charge < -0.3 is 11.1 Å². The maximum absolute atomic E-state index is 6.17.